The summed E-state index contributed by atoms with van der Waals surface area (Å²) in [5.41, 5.74) is 0.287. The Labute approximate surface area is 143 Å². The maximum Gasteiger partial charge on any atom is 0.307 e. The predicted octanol–water partition coefficient (Wildman–Crippen LogP) is 1.04. The van der Waals surface area contributed by atoms with Gasteiger partial charge >= 0.3 is 5.97 Å². The van der Waals surface area contributed by atoms with E-state index in [1.165, 1.54) is 13.3 Å². The van der Waals surface area contributed by atoms with Crippen molar-refractivity contribution in [3.63, 3.8) is 0 Å². The lowest BCUT2D eigenvalue weighted by atomic mass is 10.1. The maximum absolute atomic E-state index is 12.7. The fourth-order valence-electron chi connectivity index (χ4n) is 2.68. The van der Waals surface area contributed by atoms with E-state index in [-0.39, 0.29) is 25.3 Å². The molecule has 2 heterocycles. The average Bonchev–Trinajstić information content (AvgIpc) is 3.08. The number of pyridine rings is 1. The number of rotatable bonds is 5. The van der Waals surface area contributed by atoms with E-state index in [0.29, 0.717) is 28.9 Å². The van der Waals surface area contributed by atoms with Crippen LogP contribution in [0.2, 0.25) is 0 Å². The highest BCUT2D eigenvalue weighted by molar-refractivity contribution is 5.98. The van der Waals surface area contributed by atoms with Gasteiger partial charge in [-0.2, -0.15) is 0 Å². The molecule has 0 fully saturated rings. The number of carbonyl (C=O) groups excluding carboxylic acids is 2. The molecule has 0 aliphatic carbocycles. The second kappa shape index (κ2) is 6.84. The number of aryl methyl sites for hydroxylation is 1. The molecule has 0 saturated carbocycles. The van der Waals surface area contributed by atoms with Crippen LogP contribution in [0.1, 0.15) is 23.7 Å². The molecule has 0 spiro atoms. The van der Waals surface area contributed by atoms with E-state index in [1.54, 1.807) is 16.7 Å². The van der Waals surface area contributed by atoms with Crippen molar-refractivity contribution >= 4 is 22.8 Å². The molecule has 1 aromatic heterocycles. The molecule has 0 saturated heterocycles. The van der Waals surface area contributed by atoms with Crippen molar-refractivity contribution in [2.75, 3.05) is 20.4 Å². The molecule has 1 amide bonds. The van der Waals surface area contributed by atoms with Crippen LogP contribution < -0.4 is 20.2 Å². The number of esters is 1. The zero-order valence-corrected chi connectivity index (χ0v) is 14.0. The number of aromatic nitrogens is 1. The van der Waals surface area contributed by atoms with Crippen molar-refractivity contribution in [1.82, 2.24) is 9.88 Å². The Balaban J connectivity index is 1.97. The molecular weight excluding hydrogens is 328 g/mol. The van der Waals surface area contributed by atoms with E-state index >= 15 is 0 Å². The Morgan fingerprint density at radius 3 is 2.68 bits per heavy atom. The predicted molar refractivity (Wildman–Crippen MR) is 89.0 cm³/mol. The van der Waals surface area contributed by atoms with E-state index < -0.39 is 17.3 Å². The highest BCUT2D eigenvalue weighted by Crippen LogP contribution is 2.35. The Morgan fingerprint density at radius 1 is 1.28 bits per heavy atom. The molecule has 25 heavy (non-hydrogen) atoms. The van der Waals surface area contributed by atoms with Crippen molar-refractivity contribution < 1.29 is 23.8 Å². The van der Waals surface area contributed by atoms with Gasteiger partial charge in [-0.05, 0) is 13.0 Å². The van der Waals surface area contributed by atoms with Crippen LogP contribution in [-0.4, -0.2) is 36.9 Å². The summed E-state index contributed by atoms with van der Waals surface area (Å²) in [6, 6.07) is 3.33. The number of hydrogen-bond acceptors (Lipinski definition) is 6. The number of ether oxygens (including phenoxy) is 3. The quantitative estimate of drug-likeness (QED) is 0.813. The lowest BCUT2D eigenvalue weighted by Gasteiger charge is -2.12. The minimum atomic E-state index is -0.532. The fourth-order valence-corrected chi connectivity index (χ4v) is 2.68. The van der Waals surface area contributed by atoms with E-state index in [9.17, 15) is 14.4 Å². The monoisotopic (exact) mass is 346 g/mol. The highest BCUT2D eigenvalue weighted by atomic mass is 16.7. The SMILES string of the molecule is CCn1cc(C(=O)NCCC(=O)OC)c(=O)c2cc3c(cc21)OCO3. The molecule has 2 aromatic rings. The van der Waals surface area contributed by atoms with Gasteiger partial charge in [0.1, 0.15) is 5.56 Å². The topological polar surface area (TPSA) is 95.9 Å². The van der Waals surface area contributed by atoms with Gasteiger partial charge in [-0.3, -0.25) is 14.4 Å². The van der Waals surface area contributed by atoms with Crippen molar-refractivity contribution in [3.05, 3.63) is 34.1 Å². The van der Waals surface area contributed by atoms with Gasteiger partial charge < -0.3 is 24.1 Å². The molecule has 1 aromatic carbocycles. The standard InChI is InChI=1S/C17H18N2O6/c1-3-19-8-11(17(22)18-5-4-15(20)23-2)16(21)10-6-13-14(7-12(10)19)25-9-24-13/h6-8H,3-5,9H2,1-2H3,(H,18,22). The van der Waals surface area contributed by atoms with Crippen LogP contribution in [0.25, 0.3) is 10.9 Å². The summed E-state index contributed by atoms with van der Waals surface area (Å²) in [7, 11) is 1.28. The summed E-state index contributed by atoms with van der Waals surface area (Å²) < 4.78 is 17.0. The average molecular weight is 346 g/mol. The lowest BCUT2D eigenvalue weighted by molar-refractivity contribution is -0.140. The molecular formula is C17H18N2O6. The van der Waals surface area contributed by atoms with Crippen LogP contribution in [0.15, 0.2) is 23.1 Å². The summed E-state index contributed by atoms with van der Waals surface area (Å²) in [5, 5.41) is 2.95. The number of carbonyl (C=O) groups is 2. The van der Waals surface area contributed by atoms with Crippen LogP contribution in [0.3, 0.4) is 0 Å². The Morgan fingerprint density at radius 2 is 2.00 bits per heavy atom. The van der Waals surface area contributed by atoms with E-state index in [4.69, 9.17) is 9.47 Å². The number of nitrogens with one attached hydrogen (secondary N) is 1. The van der Waals surface area contributed by atoms with Gasteiger partial charge in [0, 0.05) is 25.4 Å². The minimum absolute atomic E-state index is 0.0121. The van der Waals surface area contributed by atoms with Crippen LogP contribution >= 0.6 is 0 Å². The first-order chi connectivity index (χ1) is 12.0. The van der Waals surface area contributed by atoms with Gasteiger partial charge in [-0.15, -0.1) is 0 Å². The highest BCUT2D eigenvalue weighted by Gasteiger charge is 2.20. The Hall–Kier alpha value is -3.03. The number of benzene rings is 1. The third kappa shape index (κ3) is 3.15. The van der Waals surface area contributed by atoms with Crippen molar-refractivity contribution in [2.24, 2.45) is 0 Å². The van der Waals surface area contributed by atoms with Gasteiger partial charge in [0.05, 0.1) is 24.4 Å². The third-order valence-corrected chi connectivity index (χ3v) is 4.00. The minimum Gasteiger partial charge on any atom is -0.469 e. The third-order valence-electron chi connectivity index (χ3n) is 4.00. The summed E-state index contributed by atoms with van der Waals surface area (Å²) in [6.07, 6.45) is 1.55. The second-order valence-electron chi connectivity index (χ2n) is 5.46. The number of methoxy groups -OCH3 is 1. The molecule has 0 atom stereocenters. The molecule has 3 rings (SSSR count). The van der Waals surface area contributed by atoms with E-state index in [0.717, 1.165) is 0 Å². The summed E-state index contributed by atoms with van der Waals surface area (Å²) in [6.45, 7) is 2.68. The van der Waals surface area contributed by atoms with Crippen LogP contribution in [0.5, 0.6) is 11.5 Å². The molecule has 1 N–H and O–H groups in total. The summed E-state index contributed by atoms with van der Waals surface area (Å²) in [4.78, 5) is 36.2. The van der Waals surface area contributed by atoms with Crippen molar-refractivity contribution in [1.29, 1.82) is 0 Å². The van der Waals surface area contributed by atoms with E-state index in [1.807, 2.05) is 6.92 Å². The van der Waals surface area contributed by atoms with Gasteiger partial charge in [0.15, 0.2) is 11.5 Å². The Bertz CT molecular complexity index is 902. The van der Waals surface area contributed by atoms with E-state index in [2.05, 4.69) is 10.1 Å². The largest absolute Gasteiger partial charge is 0.469 e. The first-order valence-electron chi connectivity index (χ1n) is 7.87. The van der Waals surface area contributed by atoms with Gasteiger partial charge in [-0.25, -0.2) is 0 Å². The lowest BCUT2D eigenvalue weighted by Crippen LogP contribution is -2.31. The van der Waals surface area contributed by atoms with Crippen molar-refractivity contribution in [2.45, 2.75) is 19.9 Å². The molecule has 1 aliphatic heterocycles. The van der Waals surface area contributed by atoms with Gasteiger partial charge in [0.2, 0.25) is 12.2 Å². The molecule has 8 heteroatoms. The number of fused-ring (bicyclic) bond motifs is 2. The Kier molecular flexibility index (Phi) is 4.60. The smallest absolute Gasteiger partial charge is 0.307 e. The molecule has 1 aliphatic rings. The summed E-state index contributed by atoms with van der Waals surface area (Å²) >= 11 is 0. The first-order valence-corrected chi connectivity index (χ1v) is 7.87. The zero-order chi connectivity index (χ0) is 18.0. The van der Waals surface area contributed by atoms with Crippen LogP contribution in [-0.2, 0) is 16.1 Å². The second-order valence-corrected chi connectivity index (χ2v) is 5.46. The molecule has 8 nitrogen and oxygen atoms in total. The van der Waals surface area contributed by atoms with Gasteiger partial charge in [-0.1, -0.05) is 0 Å². The normalized spacial score (nSPS) is 12.2. The molecule has 132 valence electrons. The van der Waals surface area contributed by atoms with Crippen LogP contribution in [0.4, 0.5) is 0 Å². The number of nitrogens with zero attached hydrogens (tertiary/aromatic N) is 1. The number of hydrogen-bond donors (Lipinski definition) is 1. The zero-order valence-electron chi connectivity index (χ0n) is 14.0. The van der Waals surface area contributed by atoms with Crippen molar-refractivity contribution in [3.8, 4) is 11.5 Å². The molecule has 0 radical (unpaired) electrons. The molecule has 0 bridgehead atoms. The summed E-state index contributed by atoms with van der Waals surface area (Å²) in [5.74, 6) is 0.0908. The maximum atomic E-state index is 12.7. The molecule has 0 unspecified atom stereocenters. The van der Waals surface area contributed by atoms with Crippen LogP contribution in [0, 0.1) is 0 Å². The van der Waals surface area contributed by atoms with Gasteiger partial charge in [0.25, 0.3) is 5.91 Å². The number of amides is 1. The fraction of sp³-hybridized carbons (Fsp3) is 0.353. The first kappa shape index (κ1) is 16.8.